The van der Waals surface area contributed by atoms with E-state index in [1.54, 1.807) is 27.0 Å². The van der Waals surface area contributed by atoms with Crippen LogP contribution in [0.25, 0.3) is 0 Å². The Morgan fingerprint density at radius 3 is 2.46 bits per heavy atom. The molecule has 1 rings (SSSR count). The van der Waals surface area contributed by atoms with Crippen molar-refractivity contribution in [2.24, 2.45) is 5.14 Å². The second-order valence-corrected chi connectivity index (χ2v) is 10.9. The summed E-state index contributed by atoms with van der Waals surface area (Å²) < 4.78 is 24.6. The summed E-state index contributed by atoms with van der Waals surface area (Å²) in [5.74, 6) is 0.705. The number of halogens is 3. The largest absolute Gasteiger partial charge is 0.388 e. The van der Waals surface area contributed by atoms with Gasteiger partial charge in [-0.3, -0.25) is 0 Å². The number of rotatable bonds is 8. The average Bonchev–Trinajstić information content (AvgIpc) is 2.47. The number of nitrogens with two attached hydrogens (primary N) is 1. The number of primary sulfonamides is 1. The Hall–Kier alpha value is -0.790. The fraction of sp³-hybridized carbons (Fsp3) is 0.375. The van der Waals surface area contributed by atoms with Crippen LogP contribution in [0, 0.1) is 0 Å². The van der Waals surface area contributed by atoms with E-state index < -0.39 is 15.6 Å². The van der Waals surface area contributed by atoms with E-state index in [1.807, 2.05) is 6.92 Å². The van der Waals surface area contributed by atoms with Crippen LogP contribution >= 0.6 is 47.8 Å². The highest BCUT2D eigenvalue weighted by molar-refractivity contribution is 9.12. The van der Waals surface area contributed by atoms with Crippen LogP contribution < -0.4 is 15.8 Å². The molecule has 0 amide bonds. The number of nitrogens with one attached hydrogen (secondary N) is 2. The number of sulfonamides is 1. The molecular weight excluding hydrogens is 582 g/mol. The molecule has 0 aliphatic heterocycles. The molecule has 0 aromatic carbocycles. The van der Waals surface area contributed by atoms with Crippen molar-refractivity contribution in [3.05, 3.63) is 42.9 Å². The zero-order valence-corrected chi connectivity index (χ0v) is 21.3. The maximum atomic E-state index is 11.7. The van der Waals surface area contributed by atoms with Crippen molar-refractivity contribution in [3.8, 4) is 0 Å². The predicted octanol–water partition coefficient (Wildman–Crippen LogP) is 3.93. The fourth-order valence-electron chi connectivity index (χ4n) is 1.80. The van der Waals surface area contributed by atoms with Gasteiger partial charge in [0.2, 0.25) is 16.0 Å². The summed E-state index contributed by atoms with van der Waals surface area (Å²) >= 11 is 9.69. The van der Waals surface area contributed by atoms with E-state index in [4.69, 9.17) is 5.14 Å². The monoisotopic (exact) mass is 601 g/mol. The Kier molecular flexibility index (Phi) is 8.84. The molecule has 0 saturated heterocycles. The molecule has 12 heteroatoms. The van der Waals surface area contributed by atoms with Gasteiger partial charge in [-0.15, -0.1) is 0 Å². The quantitative estimate of drug-likeness (QED) is 0.331. The lowest BCUT2D eigenvalue weighted by molar-refractivity contribution is 0.0647. The molecule has 0 radical (unpaired) electrons. The molecule has 8 nitrogen and oxygen atoms in total. The van der Waals surface area contributed by atoms with Crippen LogP contribution in [0.4, 0.5) is 11.8 Å². The van der Waals surface area contributed by atoms with Crippen molar-refractivity contribution in [3.63, 3.8) is 0 Å². The van der Waals surface area contributed by atoms with Crippen molar-refractivity contribution < 1.29 is 13.5 Å². The lowest BCUT2D eigenvalue weighted by atomic mass is 10.0. The van der Waals surface area contributed by atoms with Gasteiger partial charge in [0.25, 0.3) is 0 Å². The highest BCUT2D eigenvalue weighted by atomic mass is 79.9. The SMILES string of the molecule is C=C(/C=C(Br)\C(=C(/C)Br)S(N)(=O)=O)Nc1ncc(Br)c(N[C@H](C)C(C)(C)O)n1. The molecule has 0 unspecified atom stereocenters. The summed E-state index contributed by atoms with van der Waals surface area (Å²) in [4.78, 5) is 8.38. The standard InChI is InChI=1S/C16H22Br3N5O3S/c1-8(6-11(18)13(9(2)17)28(20,26)27)22-15-21-7-12(19)14(24-15)23-10(3)16(4,5)25/h6-7,10,25H,1H2,2-5H3,(H2,20,26,27)(H2,21,22,23,24)/b11-6+,13-9-/t10-/m1/s1. The van der Waals surface area contributed by atoms with Gasteiger partial charge in [-0.2, -0.15) is 4.98 Å². The summed E-state index contributed by atoms with van der Waals surface area (Å²) in [6.45, 7) is 10.6. The number of hydrogen-bond donors (Lipinski definition) is 4. The van der Waals surface area contributed by atoms with Crippen LogP contribution in [0.3, 0.4) is 0 Å². The minimum atomic E-state index is -3.94. The third-order valence-corrected chi connectivity index (χ3v) is 6.77. The molecule has 0 saturated carbocycles. The van der Waals surface area contributed by atoms with Crippen molar-refractivity contribution >= 4 is 69.6 Å². The molecule has 156 valence electrons. The van der Waals surface area contributed by atoms with Crippen LogP contribution in [0.1, 0.15) is 27.7 Å². The fourth-order valence-corrected chi connectivity index (χ4v) is 5.24. The topological polar surface area (TPSA) is 130 Å². The summed E-state index contributed by atoms with van der Waals surface area (Å²) in [6, 6.07) is -0.284. The highest BCUT2D eigenvalue weighted by Crippen LogP contribution is 2.29. The van der Waals surface area contributed by atoms with Crippen molar-refractivity contribution in [2.45, 2.75) is 39.3 Å². The van der Waals surface area contributed by atoms with Gasteiger partial charge < -0.3 is 15.7 Å². The first kappa shape index (κ1) is 25.2. The second-order valence-electron chi connectivity index (χ2n) is 6.46. The molecule has 0 spiro atoms. The predicted molar refractivity (Wildman–Crippen MR) is 124 cm³/mol. The van der Waals surface area contributed by atoms with Crippen LogP contribution in [-0.2, 0) is 10.0 Å². The van der Waals surface area contributed by atoms with Crippen molar-refractivity contribution in [2.75, 3.05) is 10.6 Å². The van der Waals surface area contributed by atoms with Gasteiger partial charge in [-0.1, -0.05) is 22.5 Å². The second kappa shape index (κ2) is 9.81. The molecule has 1 aromatic heterocycles. The minimum absolute atomic E-state index is 0.103. The number of aromatic nitrogens is 2. The van der Waals surface area contributed by atoms with E-state index in [-0.39, 0.29) is 21.4 Å². The maximum Gasteiger partial charge on any atom is 0.239 e. The normalized spacial score (nSPS) is 15.0. The number of aliphatic hydroxyl groups is 1. The summed E-state index contributed by atoms with van der Waals surface area (Å²) in [6.07, 6.45) is 2.99. The van der Waals surface area contributed by atoms with Crippen LogP contribution in [0.2, 0.25) is 0 Å². The summed E-state index contributed by atoms with van der Waals surface area (Å²) in [7, 11) is -3.94. The first-order chi connectivity index (χ1) is 12.6. The Labute approximate surface area is 190 Å². The smallest absolute Gasteiger partial charge is 0.239 e. The molecule has 5 N–H and O–H groups in total. The Balaban J connectivity index is 3.08. The number of anilines is 2. The molecule has 0 aliphatic rings. The lowest BCUT2D eigenvalue weighted by Crippen LogP contribution is -2.39. The van der Waals surface area contributed by atoms with E-state index in [0.29, 0.717) is 20.5 Å². The van der Waals surface area contributed by atoms with Gasteiger partial charge in [-0.05, 0) is 65.6 Å². The number of nitrogens with zero attached hydrogens (tertiary/aromatic N) is 2. The average molecular weight is 604 g/mol. The van der Waals surface area contributed by atoms with Crippen molar-refractivity contribution in [1.29, 1.82) is 0 Å². The maximum absolute atomic E-state index is 11.7. The van der Waals surface area contributed by atoms with Crippen LogP contribution in [0.5, 0.6) is 0 Å². The van der Waals surface area contributed by atoms with Gasteiger partial charge in [0.1, 0.15) is 10.7 Å². The molecule has 28 heavy (non-hydrogen) atoms. The van der Waals surface area contributed by atoms with Crippen LogP contribution in [-0.4, -0.2) is 35.1 Å². The molecule has 0 bridgehead atoms. The van der Waals surface area contributed by atoms with E-state index in [1.165, 1.54) is 6.08 Å². The molecule has 0 fully saturated rings. The van der Waals surface area contributed by atoms with Gasteiger partial charge in [0.15, 0.2) is 0 Å². The molecular formula is C16H22Br3N5O3S. The van der Waals surface area contributed by atoms with E-state index in [9.17, 15) is 13.5 Å². The van der Waals surface area contributed by atoms with Gasteiger partial charge in [0.05, 0.1) is 16.1 Å². The third-order valence-electron chi connectivity index (χ3n) is 3.54. The van der Waals surface area contributed by atoms with E-state index >= 15 is 0 Å². The third kappa shape index (κ3) is 7.56. The first-order valence-corrected chi connectivity index (χ1v) is 11.8. The van der Waals surface area contributed by atoms with Gasteiger partial charge >= 0.3 is 0 Å². The molecule has 1 aromatic rings. The molecule has 1 heterocycles. The molecule has 1 atom stereocenters. The zero-order chi connectivity index (χ0) is 21.9. The summed E-state index contributed by atoms with van der Waals surface area (Å²) in [5.41, 5.74) is -0.635. The number of allylic oxidation sites excluding steroid dienone is 3. The highest BCUT2D eigenvalue weighted by Gasteiger charge is 2.23. The first-order valence-electron chi connectivity index (χ1n) is 7.87. The van der Waals surface area contributed by atoms with Gasteiger partial charge in [0, 0.05) is 20.9 Å². The minimum Gasteiger partial charge on any atom is -0.388 e. The van der Waals surface area contributed by atoms with Gasteiger partial charge in [-0.25, -0.2) is 18.5 Å². The summed E-state index contributed by atoms with van der Waals surface area (Å²) in [5, 5.41) is 21.3. The zero-order valence-electron chi connectivity index (χ0n) is 15.7. The number of hydrogen-bond acceptors (Lipinski definition) is 7. The van der Waals surface area contributed by atoms with Crippen LogP contribution in [0.15, 0.2) is 42.9 Å². The van der Waals surface area contributed by atoms with E-state index in [2.05, 4.69) is 75.0 Å². The Morgan fingerprint density at radius 2 is 2.00 bits per heavy atom. The Morgan fingerprint density at radius 1 is 1.43 bits per heavy atom. The van der Waals surface area contributed by atoms with E-state index in [0.717, 1.165) is 0 Å². The Bertz CT molecular complexity index is 920. The molecule has 0 aliphatic carbocycles. The van der Waals surface area contributed by atoms with Crippen molar-refractivity contribution in [1.82, 2.24) is 9.97 Å². The lowest BCUT2D eigenvalue weighted by Gasteiger charge is -2.27.